The van der Waals surface area contributed by atoms with Gasteiger partial charge in [0, 0.05) is 26.2 Å². The number of furan rings is 1. The van der Waals surface area contributed by atoms with E-state index in [0.717, 1.165) is 6.07 Å². The van der Waals surface area contributed by atoms with Crippen molar-refractivity contribution < 1.29 is 22.0 Å². The average molecular weight is 365 g/mol. The lowest BCUT2D eigenvalue weighted by molar-refractivity contribution is -0.138. The van der Waals surface area contributed by atoms with Crippen molar-refractivity contribution in [1.82, 2.24) is 10.2 Å². The SMILES string of the molecule is Cl.Fc1ccc([C@H](c2ccco2)N2CCNCC2)c(C(F)(F)F)c1. The molecule has 1 atom stereocenters. The molecule has 0 spiro atoms. The van der Waals surface area contributed by atoms with Gasteiger partial charge in [-0.05, 0) is 29.8 Å². The van der Waals surface area contributed by atoms with Crippen molar-refractivity contribution in [1.29, 1.82) is 0 Å². The van der Waals surface area contributed by atoms with Crippen LogP contribution in [0.4, 0.5) is 17.6 Å². The fourth-order valence-electron chi connectivity index (χ4n) is 2.93. The molecule has 0 radical (unpaired) electrons. The minimum absolute atomic E-state index is 0. The summed E-state index contributed by atoms with van der Waals surface area (Å²) in [4.78, 5) is 1.91. The number of benzene rings is 1. The number of hydrogen-bond donors (Lipinski definition) is 1. The van der Waals surface area contributed by atoms with Gasteiger partial charge in [-0.25, -0.2) is 4.39 Å². The lowest BCUT2D eigenvalue weighted by Gasteiger charge is -2.35. The van der Waals surface area contributed by atoms with E-state index >= 15 is 0 Å². The normalized spacial score (nSPS) is 17.3. The van der Waals surface area contributed by atoms with E-state index in [1.165, 1.54) is 12.3 Å². The second-order valence-electron chi connectivity index (χ2n) is 5.43. The van der Waals surface area contributed by atoms with Gasteiger partial charge in [-0.1, -0.05) is 6.07 Å². The first kappa shape index (κ1) is 18.8. The van der Waals surface area contributed by atoms with Crippen molar-refractivity contribution in [3.63, 3.8) is 0 Å². The van der Waals surface area contributed by atoms with Crippen molar-refractivity contribution >= 4 is 12.4 Å². The Morgan fingerprint density at radius 2 is 1.83 bits per heavy atom. The molecule has 132 valence electrons. The number of nitrogens with zero attached hydrogens (tertiary/aromatic N) is 1. The molecule has 1 aromatic carbocycles. The summed E-state index contributed by atoms with van der Waals surface area (Å²) in [5.41, 5.74) is -0.951. The topological polar surface area (TPSA) is 28.4 Å². The van der Waals surface area contributed by atoms with E-state index in [-0.39, 0.29) is 18.0 Å². The van der Waals surface area contributed by atoms with Crippen molar-refractivity contribution in [2.24, 2.45) is 0 Å². The Labute approximate surface area is 143 Å². The van der Waals surface area contributed by atoms with Gasteiger partial charge in [-0.3, -0.25) is 4.90 Å². The number of halogens is 5. The maximum atomic E-state index is 13.4. The van der Waals surface area contributed by atoms with Gasteiger partial charge in [0.25, 0.3) is 0 Å². The first-order valence-electron chi connectivity index (χ1n) is 7.31. The van der Waals surface area contributed by atoms with Crippen LogP contribution in [0.5, 0.6) is 0 Å². The molecule has 3 rings (SSSR count). The van der Waals surface area contributed by atoms with Gasteiger partial charge in [0.1, 0.15) is 11.6 Å². The van der Waals surface area contributed by atoms with E-state index in [1.807, 2.05) is 4.90 Å². The molecule has 1 N–H and O–H groups in total. The van der Waals surface area contributed by atoms with Crippen LogP contribution >= 0.6 is 12.4 Å². The van der Waals surface area contributed by atoms with Gasteiger partial charge in [0.05, 0.1) is 17.9 Å². The van der Waals surface area contributed by atoms with Gasteiger partial charge >= 0.3 is 6.18 Å². The Kier molecular flexibility index (Phi) is 5.90. The zero-order chi connectivity index (χ0) is 16.4. The smallest absolute Gasteiger partial charge is 0.416 e. The van der Waals surface area contributed by atoms with Crippen molar-refractivity contribution in [2.45, 2.75) is 12.2 Å². The third-order valence-corrected chi connectivity index (χ3v) is 3.94. The molecule has 1 fully saturated rings. The first-order chi connectivity index (χ1) is 11.0. The van der Waals surface area contributed by atoms with Crippen LogP contribution in [0, 0.1) is 5.82 Å². The van der Waals surface area contributed by atoms with Crippen LogP contribution in [0.25, 0.3) is 0 Å². The summed E-state index contributed by atoms with van der Waals surface area (Å²) in [5, 5.41) is 3.17. The molecule has 3 nitrogen and oxygen atoms in total. The molecule has 0 aliphatic carbocycles. The summed E-state index contributed by atoms with van der Waals surface area (Å²) in [7, 11) is 0. The zero-order valence-corrected chi connectivity index (χ0v) is 13.5. The van der Waals surface area contributed by atoms with E-state index < -0.39 is 23.6 Å². The summed E-state index contributed by atoms with van der Waals surface area (Å²) < 4.78 is 58.9. The molecular weight excluding hydrogens is 348 g/mol. The van der Waals surface area contributed by atoms with Crippen LogP contribution in [0.1, 0.15) is 22.9 Å². The summed E-state index contributed by atoms with van der Waals surface area (Å²) in [5.74, 6) is -0.483. The quantitative estimate of drug-likeness (QED) is 0.838. The van der Waals surface area contributed by atoms with E-state index in [1.54, 1.807) is 12.1 Å². The average Bonchev–Trinajstić information content (AvgIpc) is 3.03. The lowest BCUT2D eigenvalue weighted by Crippen LogP contribution is -2.45. The molecule has 1 aliphatic heterocycles. The Hall–Kier alpha value is -1.57. The van der Waals surface area contributed by atoms with Gasteiger partial charge in [-0.2, -0.15) is 13.2 Å². The second kappa shape index (κ2) is 7.55. The minimum atomic E-state index is -4.63. The third kappa shape index (κ3) is 3.91. The van der Waals surface area contributed by atoms with Crippen LogP contribution in [0.2, 0.25) is 0 Å². The van der Waals surface area contributed by atoms with Crippen LogP contribution in [-0.2, 0) is 6.18 Å². The van der Waals surface area contributed by atoms with E-state index in [2.05, 4.69) is 5.32 Å². The summed E-state index contributed by atoms with van der Waals surface area (Å²) in [6, 6.07) is 5.41. The molecule has 0 amide bonds. The molecular formula is C16H17ClF4N2O. The van der Waals surface area contributed by atoms with Crippen molar-refractivity contribution in [3.05, 3.63) is 59.3 Å². The van der Waals surface area contributed by atoms with E-state index in [9.17, 15) is 17.6 Å². The fraction of sp³-hybridized carbons (Fsp3) is 0.375. The lowest BCUT2D eigenvalue weighted by atomic mass is 9.96. The van der Waals surface area contributed by atoms with Crippen molar-refractivity contribution in [3.8, 4) is 0 Å². The monoisotopic (exact) mass is 364 g/mol. The van der Waals surface area contributed by atoms with Crippen LogP contribution in [-0.4, -0.2) is 31.1 Å². The maximum absolute atomic E-state index is 13.4. The molecule has 24 heavy (non-hydrogen) atoms. The zero-order valence-electron chi connectivity index (χ0n) is 12.6. The van der Waals surface area contributed by atoms with E-state index in [4.69, 9.17) is 4.42 Å². The van der Waals surface area contributed by atoms with Gasteiger partial charge in [-0.15, -0.1) is 12.4 Å². The number of rotatable bonds is 3. The second-order valence-corrected chi connectivity index (χ2v) is 5.43. The maximum Gasteiger partial charge on any atom is 0.416 e. The fourth-order valence-corrected chi connectivity index (χ4v) is 2.93. The minimum Gasteiger partial charge on any atom is -0.467 e. The molecule has 2 aromatic rings. The number of piperazine rings is 1. The predicted octanol–water partition coefficient (Wildman–Crippen LogP) is 3.85. The van der Waals surface area contributed by atoms with Crippen LogP contribution in [0.15, 0.2) is 41.0 Å². The summed E-state index contributed by atoms with van der Waals surface area (Å²) in [6.07, 6.45) is -3.20. The highest BCUT2D eigenvalue weighted by molar-refractivity contribution is 5.85. The standard InChI is InChI=1S/C16H16F4N2O.ClH/c17-11-3-4-12(13(10-11)16(18,19)20)15(14-2-1-9-23-14)22-7-5-21-6-8-22;/h1-4,9-10,15,21H,5-8H2;1H/t15-;/m1./s1. The molecule has 0 bridgehead atoms. The van der Waals surface area contributed by atoms with E-state index in [0.29, 0.717) is 38.0 Å². The van der Waals surface area contributed by atoms with Gasteiger partial charge in [0.15, 0.2) is 0 Å². The molecule has 0 saturated carbocycles. The molecule has 0 unspecified atom stereocenters. The Bertz CT molecular complexity index is 655. The molecule has 2 heterocycles. The van der Waals surface area contributed by atoms with Crippen LogP contribution < -0.4 is 5.32 Å². The molecule has 8 heteroatoms. The molecule has 1 aliphatic rings. The van der Waals surface area contributed by atoms with Crippen molar-refractivity contribution in [2.75, 3.05) is 26.2 Å². The molecule has 1 saturated heterocycles. The van der Waals surface area contributed by atoms with Crippen LogP contribution in [0.3, 0.4) is 0 Å². The molecule has 1 aromatic heterocycles. The number of hydrogen-bond acceptors (Lipinski definition) is 3. The predicted molar refractivity (Wildman–Crippen MR) is 83.6 cm³/mol. The first-order valence-corrected chi connectivity index (χ1v) is 7.31. The third-order valence-electron chi connectivity index (χ3n) is 3.94. The highest BCUT2D eigenvalue weighted by Gasteiger charge is 2.38. The Morgan fingerprint density at radius 1 is 1.12 bits per heavy atom. The summed E-state index contributed by atoms with van der Waals surface area (Å²) >= 11 is 0. The van der Waals surface area contributed by atoms with Gasteiger partial charge < -0.3 is 9.73 Å². The Balaban J connectivity index is 0.00000208. The largest absolute Gasteiger partial charge is 0.467 e. The number of alkyl halides is 3. The highest BCUT2D eigenvalue weighted by Crippen LogP contribution is 2.39. The Morgan fingerprint density at radius 3 is 2.42 bits per heavy atom. The summed E-state index contributed by atoms with van der Waals surface area (Å²) in [6.45, 7) is 2.53. The highest BCUT2D eigenvalue weighted by atomic mass is 35.5. The van der Waals surface area contributed by atoms with Gasteiger partial charge in [0.2, 0.25) is 0 Å². The number of nitrogens with one attached hydrogen (secondary N) is 1.